The number of benzene rings is 2. The van der Waals surface area contributed by atoms with E-state index in [1.165, 1.54) is 0 Å². The lowest BCUT2D eigenvalue weighted by Gasteiger charge is -2.32. The van der Waals surface area contributed by atoms with Crippen molar-refractivity contribution in [2.45, 2.75) is 18.6 Å². The fourth-order valence-corrected chi connectivity index (χ4v) is 2.82. The van der Waals surface area contributed by atoms with E-state index in [-0.39, 0.29) is 0 Å². The molecule has 0 radical (unpaired) electrons. The molecular weight excluding hydrogens is 334 g/mol. The third-order valence-electron chi connectivity index (χ3n) is 4.08. The van der Waals surface area contributed by atoms with Crippen LogP contribution in [-0.4, -0.2) is 49.3 Å². The molecule has 1 N–H and O–H groups in total. The van der Waals surface area contributed by atoms with Crippen molar-refractivity contribution in [3.05, 3.63) is 54.1 Å². The predicted octanol–water partition coefficient (Wildman–Crippen LogP) is 2.98. The van der Waals surface area contributed by atoms with Crippen LogP contribution in [0, 0.1) is 0 Å². The lowest BCUT2D eigenvalue weighted by atomic mass is 10.0. The molecule has 6 heteroatoms. The summed E-state index contributed by atoms with van der Waals surface area (Å²) in [5.74, 6) is 0.592. The summed E-state index contributed by atoms with van der Waals surface area (Å²) < 4.78 is 17.4. The van der Waals surface area contributed by atoms with Gasteiger partial charge < -0.3 is 24.2 Å². The van der Waals surface area contributed by atoms with Gasteiger partial charge in [0.15, 0.2) is 17.6 Å². The van der Waals surface area contributed by atoms with Gasteiger partial charge in [-0.15, -0.1) is 0 Å². The second-order valence-corrected chi connectivity index (χ2v) is 6.44. The maximum atomic E-state index is 11.7. The predicted molar refractivity (Wildman–Crippen MR) is 97.0 cm³/mol. The molecule has 0 saturated carbocycles. The standard InChI is InChI=1S/C20H23NO5/c1-21(2)11-6-12-24-15-8-5-7-14(13-15)18-19(20(22)23)26-17-10-4-3-9-16(17)25-18/h3-5,7-10,13,18-19H,6,11-12H2,1-2H3,(H,22,23). The number of carbonyl (C=O) groups is 1. The number of carboxylic acid groups (broad SMARTS) is 1. The summed E-state index contributed by atoms with van der Waals surface area (Å²) in [6.45, 7) is 1.53. The van der Waals surface area contributed by atoms with Crippen molar-refractivity contribution in [2.24, 2.45) is 0 Å². The maximum absolute atomic E-state index is 11.7. The van der Waals surface area contributed by atoms with Gasteiger partial charge >= 0.3 is 5.97 Å². The highest BCUT2D eigenvalue weighted by atomic mass is 16.6. The van der Waals surface area contributed by atoms with Crippen LogP contribution in [0.5, 0.6) is 17.2 Å². The summed E-state index contributed by atoms with van der Waals surface area (Å²) in [7, 11) is 4.04. The van der Waals surface area contributed by atoms with Crippen LogP contribution >= 0.6 is 0 Å². The third-order valence-corrected chi connectivity index (χ3v) is 4.08. The van der Waals surface area contributed by atoms with Gasteiger partial charge in [-0.05, 0) is 44.8 Å². The fourth-order valence-electron chi connectivity index (χ4n) is 2.82. The van der Waals surface area contributed by atoms with Gasteiger partial charge in [-0.1, -0.05) is 24.3 Å². The van der Waals surface area contributed by atoms with Gasteiger partial charge in [-0.2, -0.15) is 0 Å². The Labute approximate surface area is 152 Å². The van der Waals surface area contributed by atoms with Crippen LogP contribution < -0.4 is 14.2 Å². The van der Waals surface area contributed by atoms with Crippen LogP contribution in [0.3, 0.4) is 0 Å². The summed E-state index contributed by atoms with van der Waals surface area (Å²) >= 11 is 0. The van der Waals surface area contributed by atoms with E-state index in [0.29, 0.717) is 29.4 Å². The molecule has 0 saturated heterocycles. The van der Waals surface area contributed by atoms with Gasteiger partial charge in [0, 0.05) is 12.1 Å². The first-order valence-electron chi connectivity index (χ1n) is 8.57. The van der Waals surface area contributed by atoms with Gasteiger partial charge in [-0.3, -0.25) is 0 Å². The SMILES string of the molecule is CN(C)CCCOc1cccc(C2Oc3ccccc3OC2C(=O)O)c1. The molecule has 0 aliphatic carbocycles. The first-order chi connectivity index (χ1) is 12.5. The maximum Gasteiger partial charge on any atom is 0.349 e. The second kappa shape index (κ2) is 8.10. The molecule has 2 unspecified atom stereocenters. The number of hydrogen-bond acceptors (Lipinski definition) is 5. The van der Waals surface area contributed by atoms with E-state index in [1.807, 2.05) is 44.4 Å². The monoisotopic (exact) mass is 357 g/mol. The van der Waals surface area contributed by atoms with Crippen LogP contribution in [0.4, 0.5) is 0 Å². The molecule has 2 aromatic rings. The van der Waals surface area contributed by atoms with Gasteiger partial charge in [0.2, 0.25) is 6.10 Å². The zero-order valence-corrected chi connectivity index (χ0v) is 14.9. The summed E-state index contributed by atoms with van der Waals surface area (Å²) in [6.07, 6.45) is -0.951. The van der Waals surface area contributed by atoms with Crippen molar-refractivity contribution in [2.75, 3.05) is 27.2 Å². The molecule has 3 rings (SSSR count). The minimum Gasteiger partial charge on any atom is -0.494 e. The zero-order chi connectivity index (χ0) is 18.5. The largest absolute Gasteiger partial charge is 0.494 e. The van der Waals surface area contributed by atoms with E-state index in [0.717, 1.165) is 13.0 Å². The Morgan fingerprint density at radius 2 is 1.85 bits per heavy atom. The van der Waals surface area contributed by atoms with Crippen molar-refractivity contribution in [1.82, 2.24) is 4.90 Å². The van der Waals surface area contributed by atoms with E-state index >= 15 is 0 Å². The Hall–Kier alpha value is -2.73. The number of ether oxygens (including phenoxy) is 3. The molecule has 0 bridgehead atoms. The Kier molecular flexibility index (Phi) is 5.63. The van der Waals surface area contributed by atoms with E-state index in [2.05, 4.69) is 4.90 Å². The van der Waals surface area contributed by atoms with Crippen molar-refractivity contribution in [3.8, 4) is 17.2 Å². The average Bonchev–Trinajstić information content (AvgIpc) is 2.64. The molecule has 0 fully saturated rings. The molecule has 1 heterocycles. The summed E-state index contributed by atoms with van der Waals surface area (Å²) in [5.41, 5.74) is 0.706. The van der Waals surface area contributed by atoms with Crippen molar-refractivity contribution in [1.29, 1.82) is 0 Å². The van der Waals surface area contributed by atoms with Crippen molar-refractivity contribution >= 4 is 5.97 Å². The third kappa shape index (κ3) is 4.26. The smallest absolute Gasteiger partial charge is 0.349 e. The lowest BCUT2D eigenvalue weighted by Crippen LogP contribution is -2.39. The Morgan fingerprint density at radius 3 is 2.54 bits per heavy atom. The van der Waals surface area contributed by atoms with Crippen LogP contribution in [0.1, 0.15) is 18.1 Å². The normalized spacial score (nSPS) is 18.6. The number of fused-ring (bicyclic) bond motifs is 1. The molecule has 6 nitrogen and oxygen atoms in total. The quantitative estimate of drug-likeness (QED) is 0.769. The molecule has 2 aromatic carbocycles. The molecule has 1 aliphatic rings. The number of rotatable bonds is 7. The van der Waals surface area contributed by atoms with Crippen molar-refractivity contribution in [3.63, 3.8) is 0 Å². The van der Waals surface area contributed by atoms with Crippen molar-refractivity contribution < 1.29 is 24.1 Å². The minimum atomic E-state index is -1.12. The average molecular weight is 357 g/mol. The Morgan fingerprint density at radius 1 is 1.12 bits per heavy atom. The highest BCUT2D eigenvalue weighted by molar-refractivity contribution is 5.75. The number of para-hydroxylation sites is 2. The van der Waals surface area contributed by atoms with Crippen LogP contribution in [0.25, 0.3) is 0 Å². The first kappa shape index (κ1) is 18.1. The molecule has 26 heavy (non-hydrogen) atoms. The minimum absolute atomic E-state index is 0.437. The highest BCUT2D eigenvalue weighted by Crippen LogP contribution is 2.39. The molecule has 138 valence electrons. The summed E-state index contributed by atoms with van der Waals surface area (Å²) in [4.78, 5) is 13.8. The zero-order valence-electron chi connectivity index (χ0n) is 14.9. The number of carboxylic acids is 1. The van der Waals surface area contributed by atoms with Crippen LogP contribution in [0.2, 0.25) is 0 Å². The Bertz CT molecular complexity index is 761. The number of hydrogen-bond donors (Lipinski definition) is 1. The molecule has 1 aliphatic heterocycles. The molecule has 0 spiro atoms. The fraction of sp³-hybridized carbons (Fsp3) is 0.350. The molecular formula is C20H23NO5. The van der Waals surface area contributed by atoms with E-state index in [1.54, 1.807) is 18.2 Å². The van der Waals surface area contributed by atoms with E-state index < -0.39 is 18.2 Å². The second-order valence-electron chi connectivity index (χ2n) is 6.44. The van der Waals surface area contributed by atoms with Gasteiger partial charge in [-0.25, -0.2) is 4.79 Å². The van der Waals surface area contributed by atoms with Crippen LogP contribution in [0.15, 0.2) is 48.5 Å². The molecule has 0 aromatic heterocycles. The molecule has 0 amide bonds. The van der Waals surface area contributed by atoms with Gasteiger partial charge in [0.1, 0.15) is 5.75 Å². The highest BCUT2D eigenvalue weighted by Gasteiger charge is 2.38. The van der Waals surface area contributed by atoms with Gasteiger partial charge in [0.25, 0.3) is 0 Å². The van der Waals surface area contributed by atoms with Gasteiger partial charge in [0.05, 0.1) is 6.61 Å². The van der Waals surface area contributed by atoms with E-state index in [4.69, 9.17) is 14.2 Å². The topological polar surface area (TPSA) is 68.2 Å². The summed E-state index contributed by atoms with van der Waals surface area (Å²) in [6, 6.07) is 14.4. The van der Waals surface area contributed by atoms with E-state index in [9.17, 15) is 9.90 Å². The number of nitrogens with zero attached hydrogens (tertiary/aromatic N) is 1. The van der Waals surface area contributed by atoms with Crippen LogP contribution in [-0.2, 0) is 4.79 Å². The number of aliphatic carboxylic acids is 1. The summed E-state index contributed by atoms with van der Waals surface area (Å²) in [5, 5.41) is 9.55. The lowest BCUT2D eigenvalue weighted by molar-refractivity contribution is -0.151. The Balaban J connectivity index is 1.76. The molecule has 2 atom stereocenters. The first-order valence-corrected chi connectivity index (χ1v) is 8.57.